The summed E-state index contributed by atoms with van der Waals surface area (Å²) in [5.41, 5.74) is -1.93. The molecule has 1 aliphatic heterocycles. The number of amides is 1. The Labute approximate surface area is 153 Å². The molecule has 1 saturated heterocycles. The van der Waals surface area contributed by atoms with Crippen LogP contribution in [0, 0.1) is 16.0 Å². The van der Waals surface area contributed by atoms with Crippen molar-refractivity contribution in [2.75, 3.05) is 29.9 Å². The van der Waals surface area contributed by atoms with Crippen LogP contribution in [0.2, 0.25) is 0 Å². The Morgan fingerprint density at radius 2 is 2.00 bits per heavy atom. The summed E-state index contributed by atoms with van der Waals surface area (Å²) in [6.45, 7) is 0.136. The maximum absolute atomic E-state index is 12.6. The standard InChI is InChI=1S/C15H18F3N3O5S/c16-15(17,18)11-1-2-12(13(8-11)21(23)24)19-4-5-20-14(22)7-10-3-6-27(25,26)9-10/h1-2,8,10,19H,3-7,9H2,(H,20,22)/t10-/m1/s1. The molecule has 0 radical (unpaired) electrons. The molecule has 0 bridgehead atoms. The van der Waals surface area contributed by atoms with Crippen molar-refractivity contribution in [3.63, 3.8) is 0 Å². The van der Waals surface area contributed by atoms with E-state index in [2.05, 4.69) is 10.6 Å². The van der Waals surface area contributed by atoms with E-state index in [9.17, 15) is 36.5 Å². The average molecular weight is 409 g/mol. The van der Waals surface area contributed by atoms with Crippen LogP contribution in [0.4, 0.5) is 24.5 Å². The third-order valence-electron chi connectivity index (χ3n) is 4.09. The Kier molecular flexibility index (Phi) is 6.29. The molecule has 1 aromatic rings. The smallest absolute Gasteiger partial charge is 0.378 e. The van der Waals surface area contributed by atoms with Gasteiger partial charge in [0.05, 0.1) is 22.0 Å². The summed E-state index contributed by atoms with van der Waals surface area (Å²) in [6, 6.07) is 2.14. The number of carbonyl (C=O) groups is 1. The van der Waals surface area contributed by atoms with Gasteiger partial charge >= 0.3 is 6.18 Å². The predicted molar refractivity (Wildman–Crippen MR) is 91.0 cm³/mol. The second kappa shape index (κ2) is 8.11. The number of benzene rings is 1. The van der Waals surface area contributed by atoms with Crippen LogP contribution in [0.25, 0.3) is 0 Å². The Morgan fingerprint density at radius 3 is 2.56 bits per heavy atom. The van der Waals surface area contributed by atoms with Crippen molar-refractivity contribution in [2.45, 2.75) is 19.0 Å². The van der Waals surface area contributed by atoms with Gasteiger partial charge in [0.2, 0.25) is 5.91 Å². The van der Waals surface area contributed by atoms with Crippen molar-refractivity contribution in [3.05, 3.63) is 33.9 Å². The van der Waals surface area contributed by atoms with Crippen molar-refractivity contribution < 1.29 is 31.3 Å². The number of sulfone groups is 1. The van der Waals surface area contributed by atoms with Gasteiger partial charge in [-0.05, 0) is 24.5 Å². The Morgan fingerprint density at radius 1 is 1.30 bits per heavy atom. The van der Waals surface area contributed by atoms with Crippen molar-refractivity contribution in [3.8, 4) is 0 Å². The van der Waals surface area contributed by atoms with Crippen molar-refractivity contribution in [2.24, 2.45) is 5.92 Å². The molecule has 0 aliphatic carbocycles. The summed E-state index contributed by atoms with van der Waals surface area (Å²) in [6.07, 6.45) is -4.18. The maximum Gasteiger partial charge on any atom is 0.416 e. The highest BCUT2D eigenvalue weighted by molar-refractivity contribution is 7.91. The highest BCUT2D eigenvalue weighted by Gasteiger charge is 2.33. The molecule has 1 aromatic carbocycles. The zero-order chi connectivity index (χ0) is 20.2. The lowest BCUT2D eigenvalue weighted by atomic mass is 10.1. The number of alkyl halides is 3. The van der Waals surface area contributed by atoms with E-state index >= 15 is 0 Å². The summed E-state index contributed by atoms with van der Waals surface area (Å²) in [5.74, 6) is -0.514. The maximum atomic E-state index is 12.6. The summed E-state index contributed by atoms with van der Waals surface area (Å²) in [4.78, 5) is 21.8. The lowest BCUT2D eigenvalue weighted by Gasteiger charge is -2.12. The molecule has 1 aliphatic rings. The minimum atomic E-state index is -4.69. The number of carbonyl (C=O) groups excluding carboxylic acids is 1. The first-order chi connectivity index (χ1) is 12.5. The van der Waals surface area contributed by atoms with E-state index in [4.69, 9.17) is 0 Å². The van der Waals surface area contributed by atoms with Gasteiger partial charge in [-0.2, -0.15) is 13.2 Å². The summed E-state index contributed by atoms with van der Waals surface area (Å²) >= 11 is 0. The molecule has 8 nitrogen and oxygen atoms in total. The number of nitro groups is 1. The SMILES string of the molecule is O=C(C[C@H]1CCS(=O)(=O)C1)NCCNc1ccc(C(F)(F)F)cc1[N+](=O)[O-]. The first-order valence-electron chi connectivity index (χ1n) is 8.04. The number of nitrogens with zero attached hydrogens (tertiary/aromatic N) is 1. The Hall–Kier alpha value is -2.37. The van der Waals surface area contributed by atoms with Gasteiger partial charge in [-0.15, -0.1) is 0 Å². The first-order valence-corrected chi connectivity index (χ1v) is 9.87. The zero-order valence-electron chi connectivity index (χ0n) is 14.1. The van der Waals surface area contributed by atoms with Gasteiger partial charge in [0.1, 0.15) is 5.69 Å². The molecule has 0 aromatic heterocycles. The van der Waals surface area contributed by atoms with Crippen LogP contribution >= 0.6 is 0 Å². The molecular weight excluding hydrogens is 391 g/mol. The fourth-order valence-electron chi connectivity index (χ4n) is 2.77. The number of hydrogen-bond acceptors (Lipinski definition) is 6. The van der Waals surface area contributed by atoms with Gasteiger partial charge in [0.25, 0.3) is 5.69 Å². The van der Waals surface area contributed by atoms with Gasteiger partial charge in [0.15, 0.2) is 9.84 Å². The molecule has 1 atom stereocenters. The fraction of sp³-hybridized carbons (Fsp3) is 0.533. The second-order valence-corrected chi connectivity index (χ2v) is 8.47. The molecule has 0 unspecified atom stereocenters. The van der Waals surface area contributed by atoms with Crippen LogP contribution in [-0.2, 0) is 20.8 Å². The third-order valence-corrected chi connectivity index (χ3v) is 5.92. The molecule has 0 spiro atoms. The molecule has 2 N–H and O–H groups in total. The van der Waals surface area contributed by atoms with Crippen molar-refractivity contribution in [1.29, 1.82) is 0 Å². The summed E-state index contributed by atoms with van der Waals surface area (Å²) in [5, 5.41) is 16.1. The normalized spacial score (nSPS) is 18.9. The zero-order valence-corrected chi connectivity index (χ0v) is 14.9. The van der Waals surface area contributed by atoms with Gasteiger partial charge < -0.3 is 10.6 Å². The lowest BCUT2D eigenvalue weighted by molar-refractivity contribution is -0.384. The van der Waals surface area contributed by atoms with E-state index in [1.807, 2.05) is 0 Å². The van der Waals surface area contributed by atoms with Crippen LogP contribution in [0.3, 0.4) is 0 Å². The molecule has 1 fully saturated rings. The van der Waals surface area contributed by atoms with E-state index in [0.29, 0.717) is 12.5 Å². The second-order valence-electron chi connectivity index (χ2n) is 6.24. The van der Waals surface area contributed by atoms with Crippen LogP contribution in [0.5, 0.6) is 0 Å². The van der Waals surface area contributed by atoms with Crippen LogP contribution in [0.15, 0.2) is 18.2 Å². The highest BCUT2D eigenvalue weighted by atomic mass is 32.2. The molecule has 12 heteroatoms. The van der Waals surface area contributed by atoms with Crippen molar-refractivity contribution in [1.82, 2.24) is 5.32 Å². The van der Waals surface area contributed by atoms with E-state index in [0.717, 1.165) is 12.1 Å². The molecule has 27 heavy (non-hydrogen) atoms. The lowest BCUT2D eigenvalue weighted by Crippen LogP contribution is -2.30. The quantitative estimate of drug-likeness (QED) is 0.404. The molecule has 1 heterocycles. The average Bonchev–Trinajstić information content (AvgIpc) is 2.89. The van der Waals surface area contributed by atoms with E-state index in [-0.39, 0.29) is 48.5 Å². The topological polar surface area (TPSA) is 118 Å². The molecule has 2 rings (SSSR count). The fourth-order valence-corrected chi connectivity index (χ4v) is 4.64. The first kappa shape index (κ1) is 20.9. The van der Waals surface area contributed by atoms with Gasteiger partial charge in [0, 0.05) is 25.6 Å². The Bertz CT molecular complexity index is 826. The predicted octanol–water partition coefficient (Wildman–Crippen LogP) is 1.97. The molecular formula is C15H18F3N3O5S. The van der Waals surface area contributed by atoms with Crippen LogP contribution < -0.4 is 10.6 Å². The third kappa shape index (κ3) is 6.08. The van der Waals surface area contributed by atoms with Gasteiger partial charge in [-0.3, -0.25) is 14.9 Å². The molecule has 1 amide bonds. The Balaban J connectivity index is 1.84. The van der Waals surface area contributed by atoms with E-state index in [1.54, 1.807) is 0 Å². The summed E-state index contributed by atoms with van der Waals surface area (Å²) in [7, 11) is -3.07. The summed E-state index contributed by atoms with van der Waals surface area (Å²) < 4.78 is 60.6. The minimum absolute atomic E-state index is 0.0174. The number of nitro benzene ring substituents is 1. The van der Waals surface area contributed by atoms with E-state index in [1.165, 1.54) is 0 Å². The minimum Gasteiger partial charge on any atom is -0.378 e. The van der Waals surface area contributed by atoms with Gasteiger partial charge in [-0.25, -0.2) is 8.42 Å². The van der Waals surface area contributed by atoms with Crippen LogP contribution in [0.1, 0.15) is 18.4 Å². The van der Waals surface area contributed by atoms with Crippen molar-refractivity contribution >= 4 is 27.1 Å². The number of hydrogen-bond donors (Lipinski definition) is 2. The monoisotopic (exact) mass is 409 g/mol. The van der Waals surface area contributed by atoms with Crippen LogP contribution in [-0.4, -0.2) is 43.8 Å². The largest absolute Gasteiger partial charge is 0.416 e. The number of anilines is 1. The number of rotatable bonds is 7. The molecule has 150 valence electrons. The highest BCUT2D eigenvalue weighted by Crippen LogP contribution is 2.34. The van der Waals surface area contributed by atoms with Gasteiger partial charge in [-0.1, -0.05) is 0 Å². The number of halogens is 3. The molecule has 0 saturated carbocycles. The van der Waals surface area contributed by atoms with E-state index < -0.39 is 32.2 Å². The number of nitrogens with one attached hydrogen (secondary N) is 2.